The number of hydrogen-bond donors (Lipinski definition) is 0. The number of fused-ring (bicyclic) bond motifs is 1. The van der Waals surface area contributed by atoms with Crippen LogP contribution in [0.4, 0.5) is 0 Å². The van der Waals surface area contributed by atoms with E-state index in [-0.39, 0.29) is 12.8 Å². The summed E-state index contributed by atoms with van der Waals surface area (Å²) in [6, 6.07) is 3.92. The normalized spacial score (nSPS) is 13.9. The highest BCUT2D eigenvalue weighted by Gasteiger charge is 2.24. The van der Waals surface area contributed by atoms with E-state index in [1.165, 1.54) is 0 Å². The molecule has 0 spiro atoms. The van der Waals surface area contributed by atoms with Gasteiger partial charge in [-0.2, -0.15) is 0 Å². The van der Waals surface area contributed by atoms with Gasteiger partial charge in [0.25, 0.3) is 0 Å². The fourth-order valence-electron chi connectivity index (χ4n) is 3.08. The lowest BCUT2D eigenvalue weighted by molar-refractivity contribution is 0.171. The van der Waals surface area contributed by atoms with Crippen molar-refractivity contribution in [3.05, 3.63) is 39.7 Å². The first-order chi connectivity index (χ1) is 13.5. The third kappa shape index (κ3) is 3.45. The summed E-state index contributed by atoms with van der Waals surface area (Å²) in [5, 5.41) is 3.17. The lowest BCUT2D eigenvalue weighted by Crippen LogP contribution is -2.22. The molecule has 148 valence electrons. The SMILES string of the molecule is COc1cc(-c2nc(CN(C)C(C)c3nc(C)cs3)c(C)o2)cc2c1OCO2. The molecule has 0 saturated heterocycles. The number of aromatic nitrogens is 2. The van der Waals surface area contributed by atoms with Gasteiger partial charge in [0, 0.05) is 23.2 Å². The van der Waals surface area contributed by atoms with E-state index in [9.17, 15) is 0 Å². The van der Waals surface area contributed by atoms with Crippen LogP contribution in [0.15, 0.2) is 21.9 Å². The maximum absolute atomic E-state index is 5.95. The van der Waals surface area contributed by atoms with Gasteiger partial charge in [-0.05, 0) is 40.0 Å². The van der Waals surface area contributed by atoms with Gasteiger partial charge in [-0.15, -0.1) is 11.3 Å². The molecule has 1 aliphatic rings. The predicted molar refractivity (Wildman–Crippen MR) is 106 cm³/mol. The first-order valence-electron chi connectivity index (χ1n) is 9.03. The molecule has 1 atom stereocenters. The Morgan fingerprint density at radius 1 is 1.25 bits per heavy atom. The van der Waals surface area contributed by atoms with Crippen LogP contribution < -0.4 is 14.2 Å². The molecule has 8 heteroatoms. The van der Waals surface area contributed by atoms with Crippen LogP contribution in [0.25, 0.3) is 11.5 Å². The van der Waals surface area contributed by atoms with Gasteiger partial charge < -0.3 is 18.6 Å². The van der Waals surface area contributed by atoms with E-state index < -0.39 is 0 Å². The molecule has 28 heavy (non-hydrogen) atoms. The monoisotopic (exact) mass is 401 g/mol. The van der Waals surface area contributed by atoms with Crippen molar-refractivity contribution in [2.75, 3.05) is 21.0 Å². The van der Waals surface area contributed by atoms with Crippen molar-refractivity contribution in [1.29, 1.82) is 0 Å². The molecule has 4 rings (SSSR count). The maximum Gasteiger partial charge on any atom is 0.231 e. The summed E-state index contributed by atoms with van der Waals surface area (Å²) in [6.45, 7) is 6.94. The Balaban J connectivity index is 1.57. The summed E-state index contributed by atoms with van der Waals surface area (Å²) in [5.41, 5.74) is 2.74. The predicted octanol–water partition coefficient (Wildman–Crippen LogP) is 4.35. The van der Waals surface area contributed by atoms with E-state index in [4.69, 9.17) is 23.6 Å². The Morgan fingerprint density at radius 2 is 2.07 bits per heavy atom. The highest BCUT2D eigenvalue weighted by Crippen LogP contribution is 2.44. The van der Waals surface area contributed by atoms with Crippen molar-refractivity contribution in [2.45, 2.75) is 33.4 Å². The van der Waals surface area contributed by atoms with Gasteiger partial charge in [0.2, 0.25) is 18.4 Å². The van der Waals surface area contributed by atoms with Crippen LogP contribution in [0.1, 0.15) is 35.1 Å². The molecule has 0 bridgehead atoms. The van der Waals surface area contributed by atoms with Crippen molar-refractivity contribution in [2.24, 2.45) is 0 Å². The Hall–Kier alpha value is -2.58. The minimum atomic E-state index is 0.184. The van der Waals surface area contributed by atoms with E-state index in [1.54, 1.807) is 18.4 Å². The highest BCUT2D eigenvalue weighted by molar-refractivity contribution is 7.09. The number of rotatable bonds is 6. The zero-order valence-electron chi connectivity index (χ0n) is 16.6. The maximum atomic E-state index is 5.95. The third-order valence-corrected chi connectivity index (χ3v) is 5.99. The molecule has 1 unspecified atom stereocenters. The van der Waals surface area contributed by atoms with Gasteiger partial charge in [-0.1, -0.05) is 0 Å². The molecule has 0 aliphatic carbocycles. The van der Waals surface area contributed by atoms with E-state index in [0.717, 1.165) is 27.7 Å². The number of benzene rings is 1. The molecule has 3 heterocycles. The lowest BCUT2D eigenvalue weighted by Gasteiger charge is -2.21. The summed E-state index contributed by atoms with van der Waals surface area (Å²) in [4.78, 5) is 11.5. The number of hydrogen-bond acceptors (Lipinski definition) is 8. The van der Waals surface area contributed by atoms with Gasteiger partial charge in [0.1, 0.15) is 10.8 Å². The lowest BCUT2D eigenvalue weighted by atomic mass is 10.2. The largest absolute Gasteiger partial charge is 0.493 e. The molecule has 2 aromatic heterocycles. The average molecular weight is 401 g/mol. The molecular weight excluding hydrogens is 378 g/mol. The van der Waals surface area contributed by atoms with Crippen LogP contribution >= 0.6 is 11.3 Å². The number of nitrogens with zero attached hydrogens (tertiary/aromatic N) is 3. The molecule has 0 N–H and O–H groups in total. The number of ether oxygens (including phenoxy) is 3. The summed E-state index contributed by atoms with van der Waals surface area (Å²) in [5.74, 6) is 3.18. The van der Waals surface area contributed by atoms with Crippen LogP contribution in [0.5, 0.6) is 17.2 Å². The zero-order chi connectivity index (χ0) is 19.8. The van der Waals surface area contributed by atoms with Crippen molar-refractivity contribution in [3.8, 4) is 28.7 Å². The van der Waals surface area contributed by atoms with Crippen molar-refractivity contribution >= 4 is 11.3 Å². The summed E-state index contributed by atoms with van der Waals surface area (Å²) < 4.78 is 22.3. The van der Waals surface area contributed by atoms with Crippen LogP contribution in [0, 0.1) is 13.8 Å². The topological polar surface area (TPSA) is 69.9 Å². The molecule has 0 fully saturated rings. The van der Waals surface area contributed by atoms with Crippen LogP contribution in [-0.4, -0.2) is 35.8 Å². The Labute approximate surface area is 167 Å². The first-order valence-corrected chi connectivity index (χ1v) is 9.90. The van der Waals surface area contributed by atoms with Crippen LogP contribution in [0.2, 0.25) is 0 Å². The number of oxazole rings is 1. The molecule has 1 aromatic carbocycles. The van der Waals surface area contributed by atoms with E-state index in [1.807, 2.05) is 26.0 Å². The standard InChI is InChI=1S/C20H23N3O4S/c1-11-9-28-20(21-11)12(2)23(4)8-15-13(3)27-19(22-15)14-6-16(24-5)18-17(7-14)25-10-26-18/h6-7,9,12H,8,10H2,1-5H3. The van der Waals surface area contributed by atoms with Crippen molar-refractivity contribution < 1.29 is 18.6 Å². The molecule has 1 aliphatic heterocycles. The molecular formula is C20H23N3O4S. The van der Waals surface area contributed by atoms with Gasteiger partial charge >= 0.3 is 0 Å². The molecule has 3 aromatic rings. The van der Waals surface area contributed by atoms with Crippen molar-refractivity contribution in [3.63, 3.8) is 0 Å². The van der Waals surface area contributed by atoms with Gasteiger partial charge in [-0.3, -0.25) is 4.90 Å². The molecule has 0 amide bonds. The molecule has 0 saturated carbocycles. The second-order valence-corrected chi connectivity index (χ2v) is 7.74. The third-order valence-electron chi connectivity index (χ3n) is 4.85. The van der Waals surface area contributed by atoms with Crippen molar-refractivity contribution in [1.82, 2.24) is 14.9 Å². The smallest absolute Gasteiger partial charge is 0.231 e. The summed E-state index contributed by atoms with van der Waals surface area (Å²) in [6.07, 6.45) is 0. The Bertz CT molecular complexity index is 997. The van der Waals surface area contributed by atoms with E-state index in [2.05, 4.69) is 29.2 Å². The molecule has 0 radical (unpaired) electrons. The van der Waals surface area contributed by atoms with E-state index in [0.29, 0.717) is 29.7 Å². The quantitative estimate of drug-likeness (QED) is 0.608. The number of methoxy groups -OCH3 is 1. The van der Waals surface area contributed by atoms with E-state index >= 15 is 0 Å². The fourth-order valence-corrected chi connectivity index (χ4v) is 3.99. The van der Waals surface area contributed by atoms with Gasteiger partial charge in [0.05, 0.1) is 18.8 Å². The Kier molecular flexibility index (Phi) is 4.99. The second kappa shape index (κ2) is 7.44. The summed E-state index contributed by atoms with van der Waals surface area (Å²) in [7, 11) is 3.67. The highest BCUT2D eigenvalue weighted by atomic mass is 32.1. The second-order valence-electron chi connectivity index (χ2n) is 6.85. The van der Waals surface area contributed by atoms with Gasteiger partial charge in [-0.25, -0.2) is 9.97 Å². The molecule has 7 nitrogen and oxygen atoms in total. The average Bonchev–Trinajstić information content (AvgIpc) is 3.40. The summed E-state index contributed by atoms with van der Waals surface area (Å²) >= 11 is 1.68. The van der Waals surface area contributed by atoms with Crippen LogP contribution in [-0.2, 0) is 6.54 Å². The first kappa shape index (κ1) is 18.8. The Morgan fingerprint density at radius 3 is 2.79 bits per heavy atom. The fraction of sp³-hybridized carbons (Fsp3) is 0.400. The minimum Gasteiger partial charge on any atom is -0.493 e. The van der Waals surface area contributed by atoms with Gasteiger partial charge in [0.15, 0.2) is 11.5 Å². The minimum absolute atomic E-state index is 0.184. The number of thiazole rings is 1. The van der Waals surface area contributed by atoms with Crippen LogP contribution in [0.3, 0.4) is 0 Å². The zero-order valence-corrected chi connectivity index (χ0v) is 17.4. The number of aryl methyl sites for hydroxylation is 2.